The van der Waals surface area contributed by atoms with Crippen molar-refractivity contribution in [3.63, 3.8) is 0 Å². The van der Waals surface area contributed by atoms with Crippen LogP contribution in [0.15, 0.2) is 63.4 Å². The van der Waals surface area contributed by atoms with Gasteiger partial charge in [0.2, 0.25) is 0 Å². The molecule has 0 atom stereocenters. The zero-order chi connectivity index (χ0) is 17.4. The number of aromatic nitrogens is 5. The molecule has 0 radical (unpaired) electrons. The summed E-state index contributed by atoms with van der Waals surface area (Å²) < 4.78 is 0. The Morgan fingerprint density at radius 1 is 0.520 bits per heavy atom. The molecule has 0 aliphatic rings. The molecule has 0 bridgehead atoms. The molecule has 3 N–H and O–H groups in total. The van der Waals surface area contributed by atoms with E-state index in [-0.39, 0.29) is 0 Å². The van der Waals surface area contributed by atoms with Gasteiger partial charge in [0.1, 0.15) is 0 Å². The van der Waals surface area contributed by atoms with E-state index >= 15 is 0 Å². The van der Waals surface area contributed by atoms with Crippen LogP contribution in [0.4, 0.5) is 0 Å². The molecule has 0 aliphatic carbocycles. The fourth-order valence-corrected chi connectivity index (χ4v) is 2.83. The maximum absolute atomic E-state index is 10.2. The van der Waals surface area contributed by atoms with Crippen molar-refractivity contribution in [3.05, 3.63) is 80.5 Å². The molecule has 122 valence electrons. The number of hydrogen-bond acceptors (Lipinski definition) is 5. The van der Waals surface area contributed by atoms with Crippen LogP contribution in [0, 0.1) is 0 Å². The second kappa shape index (κ2) is 5.68. The molecule has 2 aromatic carbocycles. The zero-order valence-electron chi connectivity index (χ0n) is 12.7. The van der Waals surface area contributed by atoms with Gasteiger partial charge in [0, 0.05) is 57.1 Å². The molecular formula is C17H11N5O3. The van der Waals surface area contributed by atoms with Gasteiger partial charge in [-0.1, -0.05) is 24.3 Å². The third-order valence-electron chi connectivity index (χ3n) is 3.83. The van der Waals surface area contributed by atoms with Crippen molar-refractivity contribution in [2.75, 3.05) is 0 Å². The van der Waals surface area contributed by atoms with Crippen molar-refractivity contribution in [1.29, 1.82) is 0 Å². The number of nitrogens with zero attached hydrogens (tertiary/aromatic N) is 2. The van der Waals surface area contributed by atoms with Crippen LogP contribution in [0.5, 0.6) is 0 Å². The quantitative estimate of drug-likeness (QED) is 0.366. The van der Waals surface area contributed by atoms with E-state index in [9.17, 15) is 14.4 Å². The van der Waals surface area contributed by atoms with E-state index in [0.29, 0.717) is 0 Å². The largest absolute Gasteiger partial charge is 0.330 e. The first kappa shape index (κ1) is 14.8. The highest BCUT2D eigenvalue weighted by atomic mass is 16.2. The highest BCUT2D eigenvalue weighted by molar-refractivity contribution is 6.22. The molecule has 5 rings (SSSR count). The van der Waals surface area contributed by atoms with Crippen LogP contribution < -0.4 is 17.1 Å². The molecule has 8 nitrogen and oxygen atoms in total. The number of aromatic amines is 3. The Kier molecular flexibility index (Phi) is 3.35. The summed E-state index contributed by atoms with van der Waals surface area (Å²) in [5.41, 5.74) is -2.41. The van der Waals surface area contributed by atoms with Crippen molar-refractivity contribution < 1.29 is 0 Å². The van der Waals surface area contributed by atoms with Gasteiger partial charge in [0.25, 0.3) is 0 Å². The van der Waals surface area contributed by atoms with Gasteiger partial charge < -0.3 is 0 Å². The molecule has 0 spiro atoms. The van der Waals surface area contributed by atoms with E-state index < -0.39 is 17.1 Å². The summed E-state index contributed by atoms with van der Waals surface area (Å²) in [7, 11) is 0. The van der Waals surface area contributed by atoms with Crippen molar-refractivity contribution in [2.45, 2.75) is 0 Å². The second-order valence-electron chi connectivity index (χ2n) is 5.41. The SMILES string of the molecule is O=c1[nH]c(=O)[nH]c(=O)[nH]1.c1cc2cncc3ccc4cncc1c4c23. The Morgan fingerprint density at radius 2 is 0.800 bits per heavy atom. The Labute approximate surface area is 138 Å². The Balaban J connectivity index is 0.000000150. The summed E-state index contributed by atoms with van der Waals surface area (Å²) >= 11 is 0. The van der Waals surface area contributed by atoms with Gasteiger partial charge in [0.05, 0.1) is 0 Å². The average molecular weight is 333 g/mol. The topological polar surface area (TPSA) is 124 Å². The normalized spacial score (nSPS) is 10.9. The molecule has 8 heteroatoms. The zero-order valence-corrected chi connectivity index (χ0v) is 12.7. The molecule has 5 aromatic rings. The third kappa shape index (κ3) is 2.65. The maximum atomic E-state index is 10.2. The van der Waals surface area contributed by atoms with Crippen molar-refractivity contribution in [2.24, 2.45) is 0 Å². The first-order chi connectivity index (χ1) is 12.1. The number of nitrogens with one attached hydrogen (secondary N) is 3. The summed E-state index contributed by atoms with van der Waals surface area (Å²) in [6.07, 6.45) is 7.67. The lowest BCUT2D eigenvalue weighted by atomic mass is 9.98. The predicted octanol–water partition coefficient (Wildman–Crippen LogP) is 1.13. The average Bonchev–Trinajstić information content (AvgIpc) is 2.59. The summed E-state index contributed by atoms with van der Waals surface area (Å²) in [6.45, 7) is 0. The number of rotatable bonds is 0. The summed E-state index contributed by atoms with van der Waals surface area (Å²) in [6, 6.07) is 8.44. The lowest BCUT2D eigenvalue weighted by Gasteiger charge is -2.08. The number of benzene rings is 2. The summed E-state index contributed by atoms with van der Waals surface area (Å²) in [4.78, 5) is 44.4. The fourth-order valence-electron chi connectivity index (χ4n) is 2.83. The second-order valence-corrected chi connectivity index (χ2v) is 5.41. The van der Waals surface area contributed by atoms with E-state index in [1.807, 2.05) is 24.8 Å². The molecule has 0 saturated carbocycles. The van der Waals surface area contributed by atoms with Crippen molar-refractivity contribution in [3.8, 4) is 0 Å². The van der Waals surface area contributed by atoms with E-state index in [1.54, 1.807) is 15.0 Å². The Morgan fingerprint density at radius 3 is 1.08 bits per heavy atom. The molecule has 0 unspecified atom stereocenters. The van der Waals surface area contributed by atoms with Crippen LogP contribution in [0.3, 0.4) is 0 Å². The molecule has 0 fully saturated rings. The third-order valence-corrected chi connectivity index (χ3v) is 3.83. The van der Waals surface area contributed by atoms with Crippen LogP contribution in [0.25, 0.3) is 32.3 Å². The monoisotopic (exact) mass is 333 g/mol. The first-order valence-electron chi connectivity index (χ1n) is 7.37. The Hall–Kier alpha value is -3.81. The van der Waals surface area contributed by atoms with Crippen LogP contribution in [-0.4, -0.2) is 24.9 Å². The molecular weight excluding hydrogens is 322 g/mol. The van der Waals surface area contributed by atoms with Gasteiger partial charge in [-0.15, -0.1) is 0 Å². The van der Waals surface area contributed by atoms with Crippen molar-refractivity contribution >= 4 is 32.3 Å². The molecule has 3 aromatic heterocycles. The van der Waals surface area contributed by atoms with E-state index in [4.69, 9.17) is 0 Å². The fraction of sp³-hybridized carbons (Fsp3) is 0. The molecule has 0 amide bonds. The minimum Gasteiger partial charge on any atom is -0.263 e. The van der Waals surface area contributed by atoms with E-state index in [1.165, 1.54) is 32.3 Å². The summed E-state index contributed by atoms with van der Waals surface area (Å²) in [5, 5.41) is 7.38. The van der Waals surface area contributed by atoms with Crippen molar-refractivity contribution in [1.82, 2.24) is 24.9 Å². The minimum absolute atomic E-state index is 0.802. The molecule has 0 aliphatic heterocycles. The maximum Gasteiger partial charge on any atom is 0.330 e. The van der Waals surface area contributed by atoms with E-state index in [2.05, 4.69) is 34.2 Å². The lowest BCUT2D eigenvalue weighted by molar-refractivity contribution is 0.888. The first-order valence-corrected chi connectivity index (χ1v) is 7.37. The highest BCUT2D eigenvalue weighted by Crippen LogP contribution is 2.32. The van der Waals surface area contributed by atoms with E-state index in [0.717, 1.165) is 0 Å². The highest BCUT2D eigenvalue weighted by Gasteiger charge is 2.07. The predicted molar refractivity (Wildman–Crippen MR) is 94.0 cm³/mol. The molecule has 3 heterocycles. The van der Waals surface area contributed by atoms with Gasteiger partial charge in [-0.3, -0.25) is 24.9 Å². The van der Waals surface area contributed by atoms with Crippen LogP contribution >= 0.6 is 0 Å². The number of hydrogen-bond donors (Lipinski definition) is 3. The number of pyridine rings is 2. The van der Waals surface area contributed by atoms with Gasteiger partial charge >= 0.3 is 17.1 Å². The minimum atomic E-state index is -0.802. The van der Waals surface area contributed by atoms with Gasteiger partial charge in [-0.25, -0.2) is 14.4 Å². The summed E-state index contributed by atoms with van der Waals surface area (Å²) in [5.74, 6) is 0. The molecule has 0 saturated heterocycles. The smallest absolute Gasteiger partial charge is 0.263 e. The van der Waals surface area contributed by atoms with Gasteiger partial charge in [0.15, 0.2) is 0 Å². The van der Waals surface area contributed by atoms with Crippen LogP contribution in [0.1, 0.15) is 0 Å². The standard InChI is InChI=1S/C14H8N2.C3H3N3O3/c1-2-10-6-16-8-12-4-3-11-7-15-5-9(1)13(11)14(10)12;7-1-4-2(8)6-3(9)5-1/h1-8H;(H3,4,5,6,7,8,9). The number of H-pyrrole nitrogens is 3. The lowest BCUT2D eigenvalue weighted by Crippen LogP contribution is -2.34. The Bertz CT molecular complexity index is 1160. The molecule has 25 heavy (non-hydrogen) atoms. The van der Waals surface area contributed by atoms with Gasteiger partial charge in [-0.05, 0) is 0 Å². The van der Waals surface area contributed by atoms with Crippen LogP contribution in [0.2, 0.25) is 0 Å². The van der Waals surface area contributed by atoms with Crippen LogP contribution in [-0.2, 0) is 0 Å². The van der Waals surface area contributed by atoms with Gasteiger partial charge in [-0.2, -0.15) is 0 Å².